The van der Waals surface area contributed by atoms with Crippen LogP contribution in [0.2, 0.25) is 5.02 Å². The first-order chi connectivity index (χ1) is 12.9. The van der Waals surface area contributed by atoms with Crippen LogP contribution in [-0.4, -0.2) is 30.2 Å². The molecule has 27 heavy (non-hydrogen) atoms. The fourth-order valence-electron chi connectivity index (χ4n) is 2.40. The molecule has 2 amide bonds. The van der Waals surface area contributed by atoms with Crippen molar-refractivity contribution in [2.75, 3.05) is 14.2 Å². The van der Waals surface area contributed by atoms with E-state index in [1.807, 2.05) is 0 Å². The van der Waals surface area contributed by atoms with Crippen molar-refractivity contribution in [3.63, 3.8) is 0 Å². The van der Waals surface area contributed by atoms with Crippen LogP contribution in [0.1, 0.15) is 11.1 Å². The van der Waals surface area contributed by atoms with Crippen LogP contribution in [-0.2, 0) is 11.4 Å². The number of ether oxygens (including phenoxy) is 2. The first-order valence-electron chi connectivity index (χ1n) is 7.85. The lowest BCUT2D eigenvalue weighted by molar-refractivity contribution is -0.121. The lowest BCUT2D eigenvalue weighted by Gasteiger charge is -2.13. The van der Waals surface area contributed by atoms with Crippen LogP contribution in [0.3, 0.4) is 0 Å². The van der Waals surface area contributed by atoms with Crippen LogP contribution >= 0.6 is 23.4 Å². The van der Waals surface area contributed by atoms with Gasteiger partial charge in [-0.1, -0.05) is 23.7 Å². The van der Waals surface area contributed by atoms with Crippen LogP contribution in [0.15, 0.2) is 41.3 Å². The lowest BCUT2D eigenvalue weighted by atomic mass is 10.1. The number of hydrogen-bond donors (Lipinski definition) is 0. The van der Waals surface area contributed by atoms with Gasteiger partial charge >= 0.3 is 0 Å². The molecule has 1 heterocycles. The normalized spacial score (nSPS) is 15.6. The van der Waals surface area contributed by atoms with E-state index in [2.05, 4.69) is 0 Å². The number of thioether (sulfide) groups is 1. The Morgan fingerprint density at radius 2 is 1.93 bits per heavy atom. The van der Waals surface area contributed by atoms with Gasteiger partial charge in [0.1, 0.15) is 12.4 Å². The minimum Gasteiger partial charge on any atom is -0.493 e. The number of imide groups is 1. The third-order valence-corrected chi connectivity index (χ3v) is 5.07. The summed E-state index contributed by atoms with van der Waals surface area (Å²) in [6.45, 7) is 0.185. The van der Waals surface area contributed by atoms with Crippen molar-refractivity contribution in [1.29, 1.82) is 0 Å². The van der Waals surface area contributed by atoms with Crippen LogP contribution in [0, 0.1) is 5.82 Å². The van der Waals surface area contributed by atoms with Crippen molar-refractivity contribution in [1.82, 2.24) is 4.90 Å². The highest BCUT2D eigenvalue weighted by atomic mass is 35.5. The number of nitrogens with zero attached hydrogens (tertiary/aromatic N) is 1. The number of amides is 2. The minimum atomic E-state index is -0.364. The van der Waals surface area contributed by atoms with E-state index in [1.54, 1.807) is 30.3 Å². The maximum absolute atomic E-state index is 13.0. The predicted octanol–water partition coefficient (Wildman–Crippen LogP) is 4.73. The predicted molar refractivity (Wildman–Crippen MR) is 102 cm³/mol. The number of halogens is 2. The van der Waals surface area contributed by atoms with Crippen molar-refractivity contribution in [3.05, 3.63) is 63.3 Å². The van der Waals surface area contributed by atoms with Crippen molar-refractivity contribution >= 4 is 40.6 Å². The van der Waals surface area contributed by atoms with Crippen molar-refractivity contribution in [2.45, 2.75) is 6.61 Å². The van der Waals surface area contributed by atoms with Crippen LogP contribution in [0.25, 0.3) is 6.08 Å². The van der Waals surface area contributed by atoms with Gasteiger partial charge in [0, 0.05) is 7.05 Å². The van der Waals surface area contributed by atoms with Gasteiger partial charge in [-0.3, -0.25) is 14.5 Å². The Hall–Kier alpha value is -2.51. The summed E-state index contributed by atoms with van der Waals surface area (Å²) in [4.78, 5) is 25.0. The fourth-order valence-corrected chi connectivity index (χ4v) is 3.50. The van der Waals surface area contributed by atoms with E-state index in [9.17, 15) is 14.0 Å². The molecule has 1 saturated heterocycles. The SMILES string of the molecule is COc1cc(/C=C2\SC(=O)N(C)C2=O)cc(Cl)c1OCc1ccc(F)cc1. The summed E-state index contributed by atoms with van der Waals surface area (Å²) in [6, 6.07) is 9.21. The lowest BCUT2D eigenvalue weighted by Crippen LogP contribution is -2.22. The van der Waals surface area contributed by atoms with Gasteiger partial charge in [-0.15, -0.1) is 0 Å². The summed E-state index contributed by atoms with van der Waals surface area (Å²) in [7, 11) is 2.90. The molecular formula is C19H15ClFNO4S. The molecule has 0 unspecified atom stereocenters. The van der Waals surface area contributed by atoms with E-state index in [4.69, 9.17) is 21.1 Å². The van der Waals surface area contributed by atoms with E-state index in [-0.39, 0.29) is 23.6 Å². The van der Waals surface area contributed by atoms with Crippen molar-refractivity contribution < 1.29 is 23.5 Å². The van der Waals surface area contributed by atoms with Gasteiger partial charge in [0.25, 0.3) is 11.1 Å². The van der Waals surface area contributed by atoms with E-state index in [1.165, 1.54) is 26.3 Å². The maximum Gasteiger partial charge on any atom is 0.293 e. The van der Waals surface area contributed by atoms with E-state index in [0.717, 1.165) is 22.2 Å². The monoisotopic (exact) mass is 407 g/mol. The quantitative estimate of drug-likeness (QED) is 0.670. The molecule has 1 aliphatic heterocycles. The topological polar surface area (TPSA) is 55.8 Å². The highest BCUT2D eigenvalue weighted by Crippen LogP contribution is 2.39. The first-order valence-corrected chi connectivity index (χ1v) is 9.05. The zero-order valence-electron chi connectivity index (χ0n) is 14.5. The Morgan fingerprint density at radius 1 is 1.22 bits per heavy atom. The molecule has 2 aromatic rings. The van der Waals surface area contributed by atoms with Gasteiger partial charge in [-0.25, -0.2) is 4.39 Å². The Balaban J connectivity index is 1.84. The third kappa shape index (κ3) is 4.26. The van der Waals surface area contributed by atoms with Gasteiger partial charge in [0.15, 0.2) is 11.5 Å². The Kier molecular flexibility index (Phi) is 5.72. The number of hydrogen-bond acceptors (Lipinski definition) is 5. The maximum atomic E-state index is 13.0. The number of benzene rings is 2. The molecule has 8 heteroatoms. The molecular weight excluding hydrogens is 393 g/mol. The second-order valence-corrected chi connectivity index (χ2v) is 7.09. The average molecular weight is 408 g/mol. The smallest absolute Gasteiger partial charge is 0.293 e. The van der Waals surface area contributed by atoms with Crippen molar-refractivity contribution in [2.24, 2.45) is 0 Å². The zero-order chi connectivity index (χ0) is 19.6. The van der Waals surface area contributed by atoms with E-state index >= 15 is 0 Å². The molecule has 0 aromatic heterocycles. The number of methoxy groups -OCH3 is 1. The summed E-state index contributed by atoms with van der Waals surface area (Å²) in [5.74, 6) is 0.0303. The van der Waals surface area contributed by atoms with Gasteiger partial charge in [0.2, 0.25) is 0 Å². The number of carbonyl (C=O) groups is 2. The standard InChI is InChI=1S/C19H15ClFNO4S/c1-22-18(23)16(27-19(22)24)9-12-7-14(20)17(15(8-12)25-2)26-10-11-3-5-13(21)6-4-11/h3-9H,10H2,1-2H3/b16-9-. The summed E-state index contributed by atoms with van der Waals surface area (Å²) in [5.41, 5.74) is 1.38. The molecule has 0 saturated carbocycles. The van der Waals surface area contributed by atoms with Crippen molar-refractivity contribution in [3.8, 4) is 11.5 Å². The molecule has 0 atom stereocenters. The summed E-state index contributed by atoms with van der Waals surface area (Å²) >= 11 is 7.18. The molecule has 5 nitrogen and oxygen atoms in total. The molecule has 140 valence electrons. The number of likely N-dealkylation sites (N-methyl/N-ethyl adjacent to an activating group) is 1. The zero-order valence-corrected chi connectivity index (χ0v) is 16.1. The largest absolute Gasteiger partial charge is 0.493 e. The second kappa shape index (κ2) is 8.02. The summed E-state index contributed by atoms with van der Waals surface area (Å²) in [5, 5.41) is -0.0398. The van der Waals surface area contributed by atoms with E-state index < -0.39 is 0 Å². The van der Waals surface area contributed by atoms with Gasteiger partial charge < -0.3 is 9.47 Å². The first kappa shape index (κ1) is 19.3. The molecule has 3 rings (SSSR count). The Labute approximate surface area is 164 Å². The fraction of sp³-hybridized carbons (Fsp3) is 0.158. The molecule has 1 fully saturated rings. The van der Waals surface area contributed by atoms with Crippen LogP contribution in [0.5, 0.6) is 11.5 Å². The summed E-state index contributed by atoms with van der Waals surface area (Å²) in [6.07, 6.45) is 1.58. The second-order valence-electron chi connectivity index (χ2n) is 5.69. The Morgan fingerprint density at radius 3 is 2.52 bits per heavy atom. The molecule has 0 bridgehead atoms. The minimum absolute atomic E-state index is 0.185. The molecule has 0 aliphatic carbocycles. The highest BCUT2D eigenvalue weighted by molar-refractivity contribution is 8.18. The third-order valence-electron chi connectivity index (χ3n) is 3.83. The van der Waals surface area contributed by atoms with Crippen LogP contribution < -0.4 is 9.47 Å². The number of carbonyl (C=O) groups excluding carboxylic acids is 2. The van der Waals surface area contributed by atoms with E-state index in [0.29, 0.717) is 27.0 Å². The molecule has 0 spiro atoms. The molecule has 0 N–H and O–H groups in total. The highest BCUT2D eigenvalue weighted by Gasteiger charge is 2.31. The average Bonchev–Trinajstić information content (AvgIpc) is 2.88. The summed E-state index contributed by atoms with van der Waals surface area (Å²) < 4.78 is 24.1. The number of rotatable bonds is 5. The molecule has 0 radical (unpaired) electrons. The van der Waals surface area contributed by atoms with Crippen LogP contribution in [0.4, 0.5) is 9.18 Å². The van der Waals surface area contributed by atoms with Gasteiger partial charge in [-0.2, -0.15) is 0 Å². The molecule has 1 aliphatic rings. The molecule has 2 aromatic carbocycles. The van der Waals surface area contributed by atoms with Gasteiger partial charge in [-0.05, 0) is 53.2 Å². The van der Waals surface area contributed by atoms with Gasteiger partial charge in [0.05, 0.1) is 17.0 Å². The Bertz CT molecular complexity index is 930.